The van der Waals surface area contributed by atoms with E-state index < -0.39 is 0 Å². The van der Waals surface area contributed by atoms with Crippen molar-refractivity contribution in [1.82, 2.24) is 5.43 Å². The van der Waals surface area contributed by atoms with Crippen LogP contribution in [0, 0.1) is 5.41 Å². The first-order valence-electron chi connectivity index (χ1n) is 4.80. The van der Waals surface area contributed by atoms with E-state index in [-0.39, 0.29) is 11.3 Å². The van der Waals surface area contributed by atoms with Crippen LogP contribution in [-0.2, 0) is 0 Å². The fourth-order valence-corrected chi connectivity index (χ4v) is 1.38. The molecule has 0 unspecified atom stereocenters. The molecule has 3 nitrogen and oxygen atoms in total. The summed E-state index contributed by atoms with van der Waals surface area (Å²) >= 11 is 1.41. The maximum absolute atomic E-state index is 11.5. The first-order valence-corrected chi connectivity index (χ1v) is 5.68. The largest absolute Gasteiger partial charge is 0.281 e. The van der Waals surface area contributed by atoms with Crippen molar-refractivity contribution in [1.29, 1.82) is 0 Å². The topological polar surface area (TPSA) is 41.5 Å². The van der Waals surface area contributed by atoms with Crippen LogP contribution in [-0.4, -0.2) is 11.6 Å². The monoisotopic (exact) mass is 224 g/mol. The highest BCUT2D eigenvalue weighted by Gasteiger charge is 2.14. The fraction of sp³-hybridized carbons (Fsp3) is 0.455. The molecule has 1 amide bonds. The number of nitrogens with one attached hydrogen (secondary N) is 1. The molecular formula is C11H16N2OS. The summed E-state index contributed by atoms with van der Waals surface area (Å²) < 4.78 is 0. The van der Waals surface area contributed by atoms with E-state index in [1.165, 1.54) is 11.3 Å². The van der Waals surface area contributed by atoms with Crippen molar-refractivity contribution in [3.63, 3.8) is 0 Å². The molecule has 0 aromatic carbocycles. The third kappa shape index (κ3) is 3.47. The Morgan fingerprint density at radius 3 is 2.60 bits per heavy atom. The number of rotatable bonds is 2. The molecule has 1 aromatic rings. The fourth-order valence-electron chi connectivity index (χ4n) is 0.765. The number of hydrogen-bond acceptors (Lipinski definition) is 3. The quantitative estimate of drug-likeness (QED) is 0.609. The molecule has 0 saturated carbocycles. The summed E-state index contributed by atoms with van der Waals surface area (Å²) in [5.41, 5.74) is 3.45. The molecule has 0 aliphatic rings. The zero-order valence-electron chi connectivity index (χ0n) is 9.50. The number of thiophene rings is 1. The number of amides is 1. The second kappa shape index (κ2) is 4.57. The highest BCUT2D eigenvalue weighted by molar-refractivity contribution is 7.12. The van der Waals surface area contributed by atoms with Gasteiger partial charge in [-0.15, -0.1) is 11.3 Å². The number of carbonyl (C=O) groups is 1. The summed E-state index contributed by atoms with van der Waals surface area (Å²) in [7, 11) is 0. The minimum absolute atomic E-state index is 0.0112. The predicted molar refractivity (Wildman–Crippen MR) is 64.3 cm³/mol. The number of carbonyl (C=O) groups excluding carboxylic acids is 1. The number of nitrogens with zero attached hydrogens (tertiary/aromatic N) is 1. The molecule has 0 aliphatic carbocycles. The van der Waals surface area contributed by atoms with Gasteiger partial charge in [-0.05, 0) is 18.4 Å². The molecule has 1 heterocycles. The lowest BCUT2D eigenvalue weighted by molar-refractivity contribution is 0.0958. The summed E-state index contributed by atoms with van der Waals surface area (Å²) in [5, 5.41) is 5.95. The second-order valence-corrected chi connectivity index (χ2v) is 5.31. The molecule has 0 spiro atoms. The average Bonchev–Trinajstić information content (AvgIpc) is 2.64. The van der Waals surface area contributed by atoms with Crippen LogP contribution >= 0.6 is 11.3 Å². The molecule has 1 N–H and O–H groups in total. The number of hydrogen-bond donors (Lipinski definition) is 1. The van der Waals surface area contributed by atoms with E-state index in [0.29, 0.717) is 4.88 Å². The van der Waals surface area contributed by atoms with Gasteiger partial charge in [-0.2, -0.15) is 5.10 Å². The van der Waals surface area contributed by atoms with Crippen LogP contribution in [0.15, 0.2) is 22.6 Å². The van der Waals surface area contributed by atoms with E-state index in [9.17, 15) is 4.79 Å². The van der Waals surface area contributed by atoms with Gasteiger partial charge in [-0.1, -0.05) is 26.8 Å². The Hall–Kier alpha value is -1.16. The first kappa shape index (κ1) is 11.9. The summed E-state index contributed by atoms with van der Waals surface area (Å²) in [6, 6.07) is 3.63. The van der Waals surface area contributed by atoms with Gasteiger partial charge < -0.3 is 0 Å². The highest BCUT2D eigenvalue weighted by atomic mass is 32.1. The first-order chi connectivity index (χ1) is 6.91. The van der Waals surface area contributed by atoms with E-state index in [0.717, 1.165) is 5.71 Å². The number of hydrazone groups is 1. The Balaban J connectivity index is 2.62. The van der Waals surface area contributed by atoms with E-state index in [1.54, 1.807) is 6.07 Å². The Morgan fingerprint density at radius 2 is 2.13 bits per heavy atom. The zero-order valence-corrected chi connectivity index (χ0v) is 10.3. The van der Waals surface area contributed by atoms with Crippen molar-refractivity contribution < 1.29 is 4.79 Å². The maximum atomic E-state index is 11.5. The summed E-state index contributed by atoms with van der Waals surface area (Å²) in [4.78, 5) is 12.2. The van der Waals surface area contributed by atoms with Crippen LogP contribution in [0.2, 0.25) is 0 Å². The summed E-state index contributed by atoms with van der Waals surface area (Å²) in [6.07, 6.45) is 0. The Kier molecular flexibility index (Phi) is 3.63. The van der Waals surface area contributed by atoms with Crippen LogP contribution < -0.4 is 5.43 Å². The molecule has 0 atom stereocenters. The maximum Gasteiger partial charge on any atom is 0.281 e. The predicted octanol–water partition coefficient (Wildman–Crippen LogP) is 2.90. The molecule has 1 rings (SSSR count). The summed E-state index contributed by atoms with van der Waals surface area (Å²) in [6.45, 7) is 8.09. The van der Waals surface area contributed by atoms with Crippen molar-refractivity contribution in [2.75, 3.05) is 0 Å². The molecule has 82 valence electrons. The van der Waals surface area contributed by atoms with Gasteiger partial charge in [0.1, 0.15) is 0 Å². The van der Waals surface area contributed by atoms with Crippen molar-refractivity contribution >= 4 is 23.0 Å². The molecule has 1 aromatic heterocycles. The molecule has 15 heavy (non-hydrogen) atoms. The van der Waals surface area contributed by atoms with Gasteiger partial charge in [0.05, 0.1) is 4.88 Å². The Bertz CT molecular complexity index is 360. The Morgan fingerprint density at radius 1 is 1.47 bits per heavy atom. The van der Waals surface area contributed by atoms with Gasteiger partial charge in [0.15, 0.2) is 0 Å². The van der Waals surface area contributed by atoms with Crippen molar-refractivity contribution in [3.05, 3.63) is 22.4 Å². The lowest BCUT2D eigenvalue weighted by Crippen LogP contribution is -2.24. The van der Waals surface area contributed by atoms with Crippen molar-refractivity contribution in [2.45, 2.75) is 27.7 Å². The lowest BCUT2D eigenvalue weighted by Gasteiger charge is -2.17. The lowest BCUT2D eigenvalue weighted by atomic mass is 9.91. The van der Waals surface area contributed by atoms with Crippen molar-refractivity contribution in [2.24, 2.45) is 10.5 Å². The van der Waals surface area contributed by atoms with Gasteiger partial charge in [-0.25, -0.2) is 5.43 Å². The Labute approximate surface area is 94.2 Å². The van der Waals surface area contributed by atoms with Crippen LogP contribution in [0.5, 0.6) is 0 Å². The molecule has 0 bridgehead atoms. The van der Waals surface area contributed by atoms with E-state index in [4.69, 9.17) is 0 Å². The molecular weight excluding hydrogens is 208 g/mol. The third-order valence-electron chi connectivity index (χ3n) is 2.16. The zero-order chi connectivity index (χ0) is 11.5. The normalized spacial score (nSPS) is 12.7. The third-order valence-corrected chi connectivity index (χ3v) is 3.02. The van der Waals surface area contributed by atoms with Crippen LogP contribution in [0.25, 0.3) is 0 Å². The van der Waals surface area contributed by atoms with Gasteiger partial charge in [0.2, 0.25) is 0 Å². The minimum Gasteiger partial charge on any atom is -0.266 e. The van der Waals surface area contributed by atoms with Crippen molar-refractivity contribution in [3.8, 4) is 0 Å². The second-order valence-electron chi connectivity index (χ2n) is 4.37. The molecule has 0 saturated heterocycles. The van der Waals surface area contributed by atoms with E-state index >= 15 is 0 Å². The van der Waals surface area contributed by atoms with Gasteiger partial charge in [0, 0.05) is 11.1 Å². The molecule has 0 fully saturated rings. The van der Waals surface area contributed by atoms with Gasteiger partial charge in [-0.3, -0.25) is 4.79 Å². The van der Waals surface area contributed by atoms with E-state index in [2.05, 4.69) is 31.3 Å². The highest BCUT2D eigenvalue weighted by Crippen LogP contribution is 2.15. The minimum atomic E-state index is -0.145. The standard InChI is InChI=1S/C11H16N2OS/c1-8(11(2,3)4)12-13-10(14)9-6-5-7-15-9/h5-7H,1-4H3,(H,13,14)/b12-8-. The van der Waals surface area contributed by atoms with Crippen LogP contribution in [0.4, 0.5) is 0 Å². The van der Waals surface area contributed by atoms with E-state index in [1.807, 2.05) is 18.4 Å². The summed E-state index contributed by atoms with van der Waals surface area (Å²) in [5.74, 6) is -0.145. The molecule has 0 radical (unpaired) electrons. The smallest absolute Gasteiger partial charge is 0.266 e. The average molecular weight is 224 g/mol. The van der Waals surface area contributed by atoms with Crippen LogP contribution in [0.3, 0.4) is 0 Å². The van der Waals surface area contributed by atoms with Gasteiger partial charge in [0.25, 0.3) is 5.91 Å². The SMILES string of the molecule is C/C(=N/NC(=O)c1cccs1)C(C)(C)C. The van der Waals surface area contributed by atoms with Crippen LogP contribution in [0.1, 0.15) is 37.4 Å². The molecule has 0 aliphatic heterocycles. The van der Waals surface area contributed by atoms with Gasteiger partial charge >= 0.3 is 0 Å². The molecule has 4 heteroatoms.